The Hall–Kier alpha value is -2.89. The van der Waals surface area contributed by atoms with E-state index in [2.05, 4.69) is 42.7 Å². The van der Waals surface area contributed by atoms with Crippen molar-refractivity contribution in [1.82, 2.24) is 4.57 Å². The van der Waals surface area contributed by atoms with Gasteiger partial charge in [0.05, 0.1) is 30.6 Å². The molecule has 5 rings (SSSR count). The molecule has 0 amide bonds. The minimum absolute atomic E-state index is 0.00753. The van der Waals surface area contributed by atoms with Gasteiger partial charge in [0, 0.05) is 36.4 Å². The van der Waals surface area contributed by atoms with Crippen LogP contribution in [0.5, 0.6) is 5.75 Å². The lowest BCUT2D eigenvalue weighted by Crippen LogP contribution is -2.47. The molecule has 1 fully saturated rings. The number of benzene rings is 2. The summed E-state index contributed by atoms with van der Waals surface area (Å²) in [4.78, 5) is 12.4. The molecule has 2 aliphatic heterocycles. The molecule has 1 aromatic heterocycles. The van der Waals surface area contributed by atoms with Crippen LogP contribution < -0.4 is 10.2 Å². The first-order valence-electron chi connectivity index (χ1n) is 11.3. The third kappa shape index (κ3) is 4.50. The number of pyridine rings is 1. The molecule has 3 heterocycles. The highest BCUT2D eigenvalue weighted by Gasteiger charge is 2.37. The molecule has 166 valence electrons. The predicted molar refractivity (Wildman–Crippen MR) is 124 cm³/mol. The number of hydrogen-bond donors (Lipinski definition) is 0. The SMILES string of the molecule is CC1(C)C[C@@H](COCc2cc(=O)cc3n2CCc2cc(OCc4ccccc4)ccc2-3)O1. The number of fused-ring (bicyclic) bond motifs is 3. The fraction of sp³-hybridized carbons (Fsp3) is 0.370. The Morgan fingerprint density at radius 2 is 1.88 bits per heavy atom. The van der Waals surface area contributed by atoms with Crippen LogP contribution in [-0.2, 0) is 35.7 Å². The summed E-state index contributed by atoms with van der Waals surface area (Å²) in [5.41, 5.74) is 5.28. The lowest BCUT2D eigenvalue weighted by Gasteiger charge is -2.42. The Morgan fingerprint density at radius 3 is 2.66 bits per heavy atom. The van der Waals surface area contributed by atoms with E-state index in [1.54, 1.807) is 12.1 Å². The molecule has 0 spiro atoms. The maximum absolute atomic E-state index is 12.4. The van der Waals surface area contributed by atoms with Crippen molar-refractivity contribution in [3.63, 3.8) is 0 Å². The van der Waals surface area contributed by atoms with E-state index in [-0.39, 0.29) is 17.1 Å². The van der Waals surface area contributed by atoms with Gasteiger partial charge in [-0.05, 0) is 49.6 Å². The van der Waals surface area contributed by atoms with Gasteiger partial charge in [-0.3, -0.25) is 4.79 Å². The van der Waals surface area contributed by atoms with Crippen LogP contribution in [0.1, 0.15) is 37.1 Å². The van der Waals surface area contributed by atoms with Gasteiger partial charge in [-0.25, -0.2) is 0 Å². The largest absolute Gasteiger partial charge is 0.489 e. The lowest BCUT2D eigenvalue weighted by atomic mass is 9.94. The number of rotatable bonds is 7. The molecule has 32 heavy (non-hydrogen) atoms. The molecule has 5 heteroatoms. The van der Waals surface area contributed by atoms with Crippen LogP contribution in [-0.4, -0.2) is 22.9 Å². The van der Waals surface area contributed by atoms with E-state index < -0.39 is 0 Å². The van der Waals surface area contributed by atoms with Crippen molar-refractivity contribution in [2.24, 2.45) is 0 Å². The molecule has 1 atom stereocenters. The first-order valence-corrected chi connectivity index (χ1v) is 11.3. The molecule has 0 saturated carbocycles. The standard InChI is InChI=1S/C27H29NO4/c1-27(2)15-24(32-27)18-30-17-21-13-22(29)14-26-25-9-8-23(12-20(25)10-11-28(21)26)31-16-19-6-4-3-5-7-19/h3-9,12-14,24H,10-11,15-18H2,1-2H3/t24-/m0/s1. The molecule has 0 N–H and O–H groups in total. The Labute approximate surface area is 188 Å². The zero-order valence-electron chi connectivity index (χ0n) is 18.7. The highest BCUT2D eigenvalue weighted by Crippen LogP contribution is 2.33. The number of nitrogens with zero attached hydrogens (tertiary/aromatic N) is 1. The van der Waals surface area contributed by atoms with Crippen LogP contribution in [0.15, 0.2) is 65.5 Å². The van der Waals surface area contributed by atoms with Crippen molar-refractivity contribution in [3.05, 3.63) is 87.7 Å². The zero-order chi connectivity index (χ0) is 22.1. The number of aryl methyl sites for hydroxylation is 1. The van der Waals surface area contributed by atoms with Crippen molar-refractivity contribution >= 4 is 0 Å². The fourth-order valence-electron chi connectivity index (χ4n) is 4.73. The molecule has 2 aliphatic rings. The van der Waals surface area contributed by atoms with Gasteiger partial charge < -0.3 is 18.8 Å². The quantitative estimate of drug-likeness (QED) is 0.542. The molecule has 0 aliphatic carbocycles. The third-order valence-electron chi connectivity index (χ3n) is 6.19. The van der Waals surface area contributed by atoms with Gasteiger partial charge >= 0.3 is 0 Å². The molecular formula is C27H29NO4. The highest BCUT2D eigenvalue weighted by atomic mass is 16.6. The van der Waals surface area contributed by atoms with Crippen molar-refractivity contribution in [1.29, 1.82) is 0 Å². The summed E-state index contributed by atoms with van der Waals surface area (Å²) in [6.07, 6.45) is 2.04. The minimum atomic E-state index is -0.0375. The summed E-state index contributed by atoms with van der Waals surface area (Å²) < 4.78 is 19.9. The van der Waals surface area contributed by atoms with Crippen LogP contribution in [0.25, 0.3) is 11.3 Å². The lowest BCUT2D eigenvalue weighted by molar-refractivity contribution is -0.205. The summed E-state index contributed by atoms with van der Waals surface area (Å²) in [5, 5.41) is 0. The maximum atomic E-state index is 12.4. The first-order chi connectivity index (χ1) is 15.5. The maximum Gasteiger partial charge on any atom is 0.182 e. The topological polar surface area (TPSA) is 49.7 Å². The van der Waals surface area contributed by atoms with E-state index in [0.717, 1.165) is 47.7 Å². The van der Waals surface area contributed by atoms with Gasteiger partial charge in [-0.2, -0.15) is 0 Å². The van der Waals surface area contributed by atoms with Crippen LogP contribution >= 0.6 is 0 Å². The Morgan fingerprint density at radius 1 is 1.06 bits per heavy atom. The number of ether oxygens (including phenoxy) is 3. The highest BCUT2D eigenvalue weighted by molar-refractivity contribution is 5.67. The molecule has 0 bridgehead atoms. The summed E-state index contributed by atoms with van der Waals surface area (Å²) in [7, 11) is 0. The second-order valence-corrected chi connectivity index (χ2v) is 9.28. The van der Waals surface area contributed by atoms with Gasteiger partial charge in [-0.15, -0.1) is 0 Å². The zero-order valence-corrected chi connectivity index (χ0v) is 18.7. The third-order valence-corrected chi connectivity index (χ3v) is 6.19. The van der Waals surface area contributed by atoms with Gasteiger partial charge in [0.15, 0.2) is 5.43 Å². The molecule has 1 saturated heterocycles. The minimum Gasteiger partial charge on any atom is -0.489 e. The van der Waals surface area contributed by atoms with E-state index in [4.69, 9.17) is 14.2 Å². The molecular weight excluding hydrogens is 402 g/mol. The van der Waals surface area contributed by atoms with Crippen molar-refractivity contribution in [2.45, 2.75) is 58.2 Å². The van der Waals surface area contributed by atoms with Crippen molar-refractivity contribution < 1.29 is 14.2 Å². The summed E-state index contributed by atoms with van der Waals surface area (Å²) in [6.45, 7) is 6.51. The fourth-order valence-corrected chi connectivity index (χ4v) is 4.73. The van der Waals surface area contributed by atoms with Crippen LogP contribution in [0.4, 0.5) is 0 Å². The average Bonchev–Trinajstić information content (AvgIpc) is 2.76. The van der Waals surface area contributed by atoms with Gasteiger partial charge in [-0.1, -0.05) is 30.3 Å². The smallest absolute Gasteiger partial charge is 0.182 e. The second kappa shape index (κ2) is 8.57. The number of aromatic nitrogens is 1. The van der Waals surface area contributed by atoms with E-state index in [0.29, 0.717) is 19.8 Å². The predicted octanol–water partition coefficient (Wildman–Crippen LogP) is 4.73. The van der Waals surface area contributed by atoms with Crippen molar-refractivity contribution in [3.8, 4) is 17.0 Å². The monoisotopic (exact) mass is 431 g/mol. The Bertz CT molecular complexity index is 1160. The average molecular weight is 432 g/mol. The Kier molecular flexibility index (Phi) is 5.62. The number of hydrogen-bond acceptors (Lipinski definition) is 4. The molecule has 3 aromatic rings. The van der Waals surface area contributed by atoms with Crippen LogP contribution in [0.2, 0.25) is 0 Å². The molecule has 2 aromatic carbocycles. The summed E-state index contributed by atoms with van der Waals surface area (Å²) in [5.74, 6) is 0.853. The van der Waals surface area contributed by atoms with Gasteiger partial charge in [0.1, 0.15) is 12.4 Å². The van der Waals surface area contributed by atoms with E-state index in [9.17, 15) is 4.79 Å². The second-order valence-electron chi connectivity index (χ2n) is 9.28. The van der Waals surface area contributed by atoms with Crippen LogP contribution in [0.3, 0.4) is 0 Å². The summed E-state index contributed by atoms with van der Waals surface area (Å²) in [6, 6.07) is 19.7. The Balaban J connectivity index is 1.30. The van der Waals surface area contributed by atoms with E-state index in [1.807, 2.05) is 24.3 Å². The summed E-state index contributed by atoms with van der Waals surface area (Å²) >= 11 is 0. The first kappa shape index (κ1) is 21.0. The molecule has 0 radical (unpaired) electrons. The van der Waals surface area contributed by atoms with Gasteiger partial charge in [0.2, 0.25) is 0 Å². The molecule has 5 nitrogen and oxygen atoms in total. The van der Waals surface area contributed by atoms with Crippen LogP contribution in [0, 0.1) is 0 Å². The van der Waals surface area contributed by atoms with E-state index >= 15 is 0 Å². The van der Waals surface area contributed by atoms with Gasteiger partial charge in [0.25, 0.3) is 0 Å². The van der Waals surface area contributed by atoms with E-state index in [1.165, 1.54) is 5.56 Å². The van der Waals surface area contributed by atoms with Crippen molar-refractivity contribution in [2.75, 3.05) is 6.61 Å². The normalized spacial score (nSPS) is 18.4. The molecule has 0 unspecified atom stereocenters.